The number of aromatic amines is 1. The number of amides is 1. The van der Waals surface area contributed by atoms with Gasteiger partial charge >= 0.3 is 0 Å². The number of pyridine rings is 1. The predicted molar refractivity (Wildman–Crippen MR) is 129 cm³/mol. The van der Waals surface area contributed by atoms with Crippen molar-refractivity contribution in [1.82, 2.24) is 20.1 Å². The molecular formula is C26H27N5O2. The highest BCUT2D eigenvalue weighted by Crippen LogP contribution is 2.29. The van der Waals surface area contributed by atoms with Crippen LogP contribution in [0.15, 0.2) is 66.7 Å². The van der Waals surface area contributed by atoms with Gasteiger partial charge in [0.1, 0.15) is 5.75 Å². The van der Waals surface area contributed by atoms with Gasteiger partial charge in [0.2, 0.25) is 0 Å². The molecule has 5 rings (SSSR count). The third kappa shape index (κ3) is 4.53. The highest BCUT2D eigenvalue weighted by Gasteiger charge is 2.29. The molecule has 168 valence electrons. The predicted octanol–water partition coefficient (Wildman–Crippen LogP) is 4.25. The first-order valence-corrected chi connectivity index (χ1v) is 11.3. The minimum atomic E-state index is 0.0314. The number of carbonyl (C=O) groups is 1. The molecule has 1 aliphatic heterocycles. The van der Waals surface area contributed by atoms with Crippen LogP contribution in [0.1, 0.15) is 34.0 Å². The Morgan fingerprint density at radius 1 is 1.15 bits per heavy atom. The summed E-state index contributed by atoms with van der Waals surface area (Å²) in [5.41, 5.74) is 3.70. The van der Waals surface area contributed by atoms with Crippen molar-refractivity contribution in [3.8, 4) is 5.75 Å². The molecule has 0 aliphatic carbocycles. The van der Waals surface area contributed by atoms with E-state index >= 15 is 0 Å². The molecule has 3 heterocycles. The van der Waals surface area contributed by atoms with Crippen LogP contribution in [0.4, 0.5) is 5.82 Å². The number of ether oxygens (including phenoxy) is 1. The molecule has 1 aliphatic rings. The zero-order chi connectivity index (χ0) is 22.6. The Kier molecular flexibility index (Phi) is 5.93. The van der Waals surface area contributed by atoms with Crippen molar-refractivity contribution in [2.75, 3.05) is 32.1 Å². The second-order valence-corrected chi connectivity index (χ2v) is 8.34. The largest absolute Gasteiger partial charge is 0.497 e. The van der Waals surface area contributed by atoms with Crippen LogP contribution < -0.4 is 10.1 Å². The van der Waals surface area contributed by atoms with Crippen molar-refractivity contribution in [3.05, 3.63) is 83.6 Å². The summed E-state index contributed by atoms with van der Waals surface area (Å²) >= 11 is 0. The van der Waals surface area contributed by atoms with E-state index in [0.717, 1.165) is 48.5 Å². The van der Waals surface area contributed by atoms with Crippen LogP contribution >= 0.6 is 0 Å². The molecule has 33 heavy (non-hydrogen) atoms. The molecule has 0 radical (unpaired) electrons. The fourth-order valence-corrected chi connectivity index (χ4v) is 4.38. The van der Waals surface area contributed by atoms with Gasteiger partial charge in [-0.3, -0.25) is 9.89 Å². The number of hydrogen-bond donors (Lipinski definition) is 2. The third-order valence-corrected chi connectivity index (χ3v) is 6.20. The number of likely N-dealkylation sites (tertiary alicyclic amines) is 1. The first-order valence-electron chi connectivity index (χ1n) is 11.3. The number of nitrogens with zero attached hydrogens (tertiary/aromatic N) is 3. The van der Waals surface area contributed by atoms with Gasteiger partial charge in [-0.15, -0.1) is 0 Å². The summed E-state index contributed by atoms with van der Waals surface area (Å²) in [6, 6.07) is 21.8. The topological polar surface area (TPSA) is 83.1 Å². The Labute approximate surface area is 192 Å². The lowest BCUT2D eigenvalue weighted by molar-refractivity contribution is 0.0790. The Hall–Kier alpha value is -3.87. The Morgan fingerprint density at radius 2 is 2.03 bits per heavy atom. The second kappa shape index (κ2) is 9.32. The van der Waals surface area contributed by atoms with E-state index in [0.29, 0.717) is 17.9 Å². The molecule has 0 saturated carbocycles. The fourth-order valence-electron chi connectivity index (χ4n) is 4.38. The van der Waals surface area contributed by atoms with Crippen molar-refractivity contribution < 1.29 is 9.53 Å². The van der Waals surface area contributed by atoms with E-state index in [9.17, 15) is 4.79 Å². The minimum Gasteiger partial charge on any atom is -0.497 e. The number of rotatable bonds is 7. The summed E-state index contributed by atoms with van der Waals surface area (Å²) in [5, 5.41) is 11.9. The third-order valence-electron chi connectivity index (χ3n) is 6.20. The van der Waals surface area contributed by atoms with Crippen molar-refractivity contribution >= 4 is 22.8 Å². The van der Waals surface area contributed by atoms with Crippen molar-refractivity contribution in [1.29, 1.82) is 0 Å². The van der Waals surface area contributed by atoms with Gasteiger partial charge in [-0.1, -0.05) is 36.4 Å². The summed E-state index contributed by atoms with van der Waals surface area (Å²) in [4.78, 5) is 19.7. The normalized spacial score (nSPS) is 15.7. The second-order valence-electron chi connectivity index (χ2n) is 8.34. The lowest BCUT2D eigenvalue weighted by Gasteiger charge is -2.17. The standard InChI is InChI=1S/C26H27N5O2/c1-33-21-9-5-8-19(16-21)26(32)31-15-13-20(17-31)23-11-10-22-24(29-30-25(22)28-23)27-14-12-18-6-3-2-4-7-18/h2-11,16,20H,12-15,17H2,1H3,(H2,27,28,29,30)/t20-/m0/s1. The Morgan fingerprint density at radius 3 is 2.88 bits per heavy atom. The van der Waals surface area contributed by atoms with E-state index in [-0.39, 0.29) is 11.8 Å². The van der Waals surface area contributed by atoms with Gasteiger partial charge in [0.25, 0.3) is 5.91 Å². The first-order chi connectivity index (χ1) is 16.2. The average molecular weight is 442 g/mol. The zero-order valence-corrected chi connectivity index (χ0v) is 18.6. The van der Waals surface area contributed by atoms with Crippen molar-refractivity contribution in [2.45, 2.75) is 18.8 Å². The van der Waals surface area contributed by atoms with E-state index in [2.05, 4.69) is 51.9 Å². The molecule has 1 fully saturated rings. The smallest absolute Gasteiger partial charge is 0.254 e. The number of H-pyrrole nitrogens is 1. The van der Waals surface area contributed by atoms with E-state index in [1.165, 1.54) is 5.56 Å². The molecule has 7 nitrogen and oxygen atoms in total. The van der Waals surface area contributed by atoms with Gasteiger partial charge in [-0.05, 0) is 48.7 Å². The molecule has 7 heteroatoms. The van der Waals surface area contributed by atoms with Crippen LogP contribution in [0.25, 0.3) is 11.0 Å². The van der Waals surface area contributed by atoms with E-state index < -0.39 is 0 Å². The lowest BCUT2D eigenvalue weighted by atomic mass is 10.0. The van der Waals surface area contributed by atoms with E-state index in [4.69, 9.17) is 9.72 Å². The molecular weight excluding hydrogens is 414 g/mol. The fraction of sp³-hybridized carbons (Fsp3) is 0.269. The quantitative estimate of drug-likeness (QED) is 0.448. The maximum absolute atomic E-state index is 12.9. The van der Waals surface area contributed by atoms with E-state index in [1.807, 2.05) is 29.2 Å². The lowest BCUT2D eigenvalue weighted by Crippen LogP contribution is -2.28. The van der Waals surface area contributed by atoms with Gasteiger partial charge in [-0.25, -0.2) is 4.98 Å². The van der Waals surface area contributed by atoms with Gasteiger partial charge in [0.15, 0.2) is 11.5 Å². The first kappa shape index (κ1) is 21.0. The van der Waals surface area contributed by atoms with Crippen LogP contribution in [0.2, 0.25) is 0 Å². The average Bonchev–Trinajstić information content (AvgIpc) is 3.52. The maximum atomic E-state index is 12.9. The van der Waals surface area contributed by atoms with Gasteiger partial charge in [-0.2, -0.15) is 5.10 Å². The summed E-state index contributed by atoms with van der Waals surface area (Å²) in [5.74, 6) is 1.75. The summed E-state index contributed by atoms with van der Waals surface area (Å²) in [7, 11) is 1.61. The monoisotopic (exact) mass is 441 g/mol. The minimum absolute atomic E-state index is 0.0314. The van der Waals surface area contributed by atoms with E-state index in [1.54, 1.807) is 13.2 Å². The Balaban J connectivity index is 1.23. The van der Waals surface area contributed by atoms with Gasteiger partial charge in [0, 0.05) is 36.8 Å². The number of aromatic nitrogens is 3. The van der Waals surface area contributed by atoms with Crippen LogP contribution in [-0.2, 0) is 6.42 Å². The SMILES string of the molecule is COc1cccc(C(=O)N2CC[C@H](c3ccc4c(NCCc5ccccc5)n[nH]c4n3)C2)c1. The molecule has 0 unspecified atom stereocenters. The van der Waals surface area contributed by atoms with Crippen LogP contribution in [0.5, 0.6) is 5.75 Å². The van der Waals surface area contributed by atoms with Crippen molar-refractivity contribution in [2.24, 2.45) is 0 Å². The number of anilines is 1. The number of fused-ring (bicyclic) bond motifs is 1. The molecule has 2 N–H and O–H groups in total. The van der Waals surface area contributed by atoms with Gasteiger partial charge < -0.3 is 15.0 Å². The number of carbonyl (C=O) groups excluding carboxylic acids is 1. The zero-order valence-electron chi connectivity index (χ0n) is 18.6. The number of benzene rings is 2. The molecule has 0 spiro atoms. The Bertz CT molecular complexity index is 1250. The number of methoxy groups -OCH3 is 1. The number of hydrogen-bond acceptors (Lipinski definition) is 5. The number of nitrogens with one attached hydrogen (secondary N) is 2. The van der Waals surface area contributed by atoms with Crippen LogP contribution in [-0.4, -0.2) is 52.7 Å². The molecule has 0 bridgehead atoms. The van der Waals surface area contributed by atoms with Crippen molar-refractivity contribution in [3.63, 3.8) is 0 Å². The highest BCUT2D eigenvalue weighted by molar-refractivity contribution is 5.95. The summed E-state index contributed by atoms with van der Waals surface area (Å²) < 4.78 is 5.25. The van der Waals surface area contributed by atoms with Crippen LogP contribution in [0, 0.1) is 0 Å². The molecule has 1 saturated heterocycles. The summed E-state index contributed by atoms with van der Waals surface area (Å²) in [6.07, 6.45) is 1.82. The molecule has 1 atom stereocenters. The molecule has 4 aromatic rings. The highest BCUT2D eigenvalue weighted by atomic mass is 16.5. The summed E-state index contributed by atoms with van der Waals surface area (Å²) in [6.45, 7) is 2.18. The molecule has 2 aromatic carbocycles. The van der Waals surface area contributed by atoms with Crippen LogP contribution in [0.3, 0.4) is 0 Å². The maximum Gasteiger partial charge on any atom is 0.254 e. The van der Waals surface area contributed by atoms with Gasteiger partial charge in [0.05, 0.1) is 12.5 Å². The molecule has 2 aromatic heterocycles. The molecule has 1 amide bonds.